The van der Waals surface area contributed by atoms with Crippen molar-refractivity contribution in [2.75, 3.05) is 6.61 Å². The first-order valence-electron chi connectivity index (χ1n) is 7.88. The van der Waals surface area contributed by atoms with Crippen LogP contribution in [0.5, 0.6) is 0 Å². The van der Waals surface area contributed by atoms with Gasteiger partial charge in [-0.15, -0.1) is 11.3 Å². The predicted octanol–water partition coefficient (Wildman–Crippen LogP) is 4.11. The number of aliphatic hydroxyl groups excluding tert-OH is 1. The first kappa shape index (κ1) is 17.7. The third-order valence-electron chi connectivity index (χ3n) is 4.30. The Hall–Kier alpha value is -1.14. The number of benzene rings is 1. The Kier molecular flexibility index (Phi) is 5.76. The number of halogens is 2. The van der Waals surface area contributed by atoms with Gasteiger partial charge in [-0.3, -0.25) is 4.79 Å². The van der Waals surface area contributed by atoms with Crippen LogP contribution in [0.4, 0.5) is 0 Å². The molecule has 1 heterocycles. The van der Waals surface area contributed by atoms with Gasteiger partial charge in [0.2, 0.25) is 5.91 Å². The third kappa shape index (κ3) is 3.75. The minimum absolute atomic E-state index is 0.0903. The van der Waals surface area contributed by atoms with Gasteiger partial charge in [-0.2, -0.15) is 0 Å². The van der Waals surface area contributed by atoms with Gasteiger partial charge in [-0.25, -0.2) is 4.98 Å². The fourth-order valence-electron chi connectivity index (χ4n) is 3.05. The van der Waals surface area contributed by atoms with Crippen LogP contribution in [0.15, 0.2) is 23.7 Å². The van der Waals surface area contributed by atoms with Crippen molar-refractivity contribution in [2.24, 2.45) is 0 Å². The van der Waals surface area contributed by atoms with Crippen molar-refractivity contribution in [1.29, 1.82) is 0 Å². The highest BCUT2D eigenvalue weighted by Crippen LogP contribution is 2.34. The summed E-state index contributed by atoms with van der Waals surface area (Å²) in [5.41, 5.74) is 3.49. The zero-order chi connectivity index (χ0) is 17.1. The first-order chi connectivity index (χ1) is 11.6. The van der Waals surface area contributed by atoms with E-state index in [0.29, 0.717) is 15.6 Å². The molecule has 0 saturated heterocycles. The smallest absolute Gasteiger partial charge is 0.229 e. The summed E-state index contributed by atoms with van der Waals surface area (Å²) in [7, 11) is 0. The van der Waals surface area contributed by atoms with Gasteiger partial charge >= 0.3 is 0 Å². The highest BCUT2D eigenvalue weighted by Gasteiger charge is 2.29. The molecule has 3 rings (SSSR count). The quantitative estimate of drug-likeness (QED) is 0.779. The predicted molar refractivity (Wildman–Crippen MR) is 96.8 cm³/mol. The van der Waals surface area contributed by atoms with Gasteiger partial charge < -0.3 is 10.4 Å². The Balaban J connectivity index is 1.80. The summed E-state index contributed by atoms with van der Waals surface area (Å²) in [6, 6.07) is 4.49. The van der Waals surface area contributed by atoms with Crippen molar-refractivity contribution in [3.8, 4) is 0 Å². The lowest BCUT2D eigenvalue weighted by Gasteiger charge is -2.21. The topological polar surface area (TPSA) is 62.2 Å². The normalized spacial score (nSPS) is 18.5. The molecule has 24 heavy (non-hydrogen) atoms. The molecule has 1 aliphatic carbocycles. The van der Waals surface area contributed by atoms with Crippen molar-refractivity contribution < 1.29 is 9.90 Å². The van der Waals surface area contributed by atoms with Crippen molar-refractivity contribution in [3.05, 3.63) is 49.9 Å². The van der Waals surface area contributed by atoms with E-state index in [2.05, 4.69) is 10.3 Å². The Morgan fingerprint density at radius 2 is 2.25 bits per heavy atom. The molecular formula is C17H18Cl2N2O2S. The molecule has 4 nitrogen and oxygen atoms in total. The first-order valence-corrected chi connectivity index (χ1v) is 9.52. The van der Waals surface area contributed by atoms with Gasteiger partial charge in [-0.05, 0) is 37.0 Å². The number of amides is 1. The van der Waals surface area contributed by atoms with Gasteiger partial charge in [0.15, 0.2) is 0 Å². The molecule has 0 unspecified atom stereocenters. The van der Waals surface area contributed by atoms with Crippen LogP contribution in [0.3, 0.4) is 0 Å². The maximum absolute atomic E-state index is 12.8. The number of aliphatic hydroxyl groups is 1. The molecule has 0 bridgehead atoms. The number of carbonyl (C=O) groups excluding carboxylic acids is 1. The van der Waals surface area contributed by atoms with Gasteiger partial charge in [0.1, 0.15) is 0 Å². The number of nitrogens with one attached hydrogen (secondary N) is 1. The lowest BCUT2D eigenvalue weighted by atomic mass is 9.99. The van der Waals surface area contributed by atoms with Crippen molar-refractivity contribution in [2.45, 2.75) is 37.6 Å². The Morgan fingerprint density at radius 1 is 1.42 bits per heavy atom. The number of aryl methyl sites for hydroxylation is 1. The number of hydrogen-bond donors (Lipinski definition) is 2. The second kappa shape index (κ2) is 7.83. The third-order valence-corrected chi connectivity index (χ3v) is 5.85. The van der Waals surface area contributed by atoms with Crippen LogP contribution < -0.4 is 5.32 Å². The summed E-state index contributed by atoms with van der Waals surface area (Å²) < 4.78 is 0. The molecule has 1 aliphatic rings. The van der Waals surface area contributed by atoms with Crippen LogP contribution in [0.1, 0.15) is 47.4 Å². The lowest BCUT2D eigenvalue weighted by Crippen LogP contribution is -2.34. The lowest BCUT2D eigenvalue weighted by molar-refractivity contribution is -0.123. The summed E-state index contributed by atoms with van der Waals surface area (Å²) in [6.45, 7) is -0.227. The number of carbonyl (C=O) groups is 1. The molecule has 7 heteroatoms. The zero-order valence-electron chi connectivity index (χ0n) is 13.0. The minimum atomic E-state index is -0.554. The summed E-state index contributed by atoms with van der Waals surface area (Å²) in [5, 5.41) is 13.6. The average Bonchev–Trinajstić information content (AvgIpc) is 2.92. The van der Waals surface area contributed by atoms with Gasteiger partial charge in [0.25, 0.3) is 0 Å². The van der Waals surface area contributed by atoms with Crippen LogP contribution in [0, 0.1) is 0 Å². The highest BCUT2D eigenvalue weighted by atomic mass is 35.5. The van der Waals surface area contributed by atoms with E-state index in [4.69, 9.17) is 23.2 Å². The van der Waals surface area contributed by atoms with E-state index in [-0.39, 0.29) is 18.4 Å². The van der Waals surface area contributed by atoms with Crippen LogP contribution in [-0.4, -0.2) is 22.6 Å². The molecule has 2 aromatic rings. The van der Waals surface area contributed by atoms with Crippen LogP contribution in [0.25, 0.3) is 0 Å². The second-order valence-electron chi connectivity index (χ2n) is 5.87. The van der Waals surface area contributed by atoms with E-state index in [9.17, 15) is 9.90 Å². The van der Waals surface area contributed by atoms with Crippen molar-refractivity contribution in [3.63, 3.8) is 0 Å². The summed E-state index contributed by atoms with van der Waals surface area (Å²) >= 11 is 13.7. The fraction of sp³-hybridized carbons (Fsp3) is 0.412. The zero-order valence-corrected chi connectivity index (χ0v) is 15.3. The van der Waals surface area contributed by atoms with Gasteiger partial charge in [0, 0.05) is 14.9 Å². The van der Waals surface area contributed by atoms with Gasteiger partial charge in [0.05, 0.1) is 29.8 Å². The van der Waals surface area contributed by atoms with Crippen LogP contribution in [0.2, 0.25) is 10.0 Å². The number of hydrogen-bond acceptors (Lipinski definition) is 4. The molecule has 0 aliphatic heterocycles. The monoisotopic (exact) mass is 384 g/mol. The fourth-order valence-corrected chi connectivity index (χ4v) is 4.56. The standard InChI is InChI=1S/C17H18Cl2N2O2S/c18-10-5-6-11(13(19)7-10)15(8-22)21-17(23)12-3-1-2-4-14-16(12)24-9-20-14/h5-7,9,12,15,22H,1-4,8H2,(H,21,23)/t12-,15-/m1/s1. The maximum Gasteiger partial charge on any atom is 0.229 e. The van der Waals surface area contributed by atoms with Crippen molar-refractivity contribution in [1.82, 2.24) is 10.3 Å². The molecule has 0 fully saturated rings. The highest BCUT2D eigenvalue weighted by molar-refractivity contribution is 7.10. The van der Waals surface area contributed by atoms with Gasteiger partial charge in [-0.1, -0.05) is 35.7 Å². The molecular weight excluding hydrogens is 367 g/mol. The second-order valence-corrected chi connectivity index (χ2v) is 7.60. The SMILES string of the molecule is O=C(N[C@H](CO)c1ccc(Cl)cc1Cl)[C@@H]1CCCCc2ncsc21. The molecule has 0 saturated carbocycles. The van der Waals surface area contributed by atoms with Crippen LogP contribution in [-0.2, 0) is 11.2 Å². The summed E-state index contributed by atoms with van der Waals surface area (Å²) in [6.07, 6.45) is 3.77. The van der Waals surface area contributed by atoms with E-state index >= 15 is 0 Å². The van der Waals surface area contributed by atoms with E-state index in [1.165, 1.54) is 11.3 Å². The molecule has 1 aromatic heterocycles. The molecule has 2 atom stereocenters. The van der Waals surface area contributed by atoms with E-state index in [0.717, 1.165) is 36.3 Å². The molecule has 2 N–H and O–H groups in total. The van der Waals surface area contributed by atoms with E-state index in [1.54, 1.807) is 23.7 Å². The Morgan fingerprint density at radius 3 is 3.00 bits per heavy atom. The number of thiazole rings is 1. The van der Waals surface area contributed by atoms with E-state index < -0.39 is 6.04 Å². The van der Waals surface area contributed by atoms with E-state index in [1.807, 2.05) is 0 Å². The Labute approximate surface area is 154 Å². The molecule has 1 aromatic carbocycles. The maximum atomic E-state index is 12.8. The minimum Gasteiger partial charge on any atom is -0.394 e. The summed E-state index contributed by atoms with van der Waals surface area (Å²) in [5.74, 6) is -0.303. The van der Waals surface area contributed by atoms with Crippen molar-refractivity contribution >= 4 is 40.4 Å². The average molecular weight is 385 g/mol. The number of fused-ring (bicyclic) bond motifs is 1. The molecule has 128 valence electrons. The largest absolute Gasteiger partial charge is 0.394 e. The molecule has 1 amide bonds. The number of nitrogens with zero attached hydrogens (tertiary/aromatic N) is 1. The molecule has 0 radical (unpaired) electrons. The molecule has 0 spiro atoms. The summed E-state index contributed by atoms with van der Waals surface area (Å²) in [4.78, 5) is 18.2. The number of rotatable bonds is 4. The number of aromatic nitrogens is 1. The Bertz CT molecular complexity index is 735. The van der Waals surface area contributed by atoms with Crippen LogP contribution >= 0.6 is 34.5 Å².